The number of phenols is 1. The zero-order valence-corrected chi connectivity index (χ0v) is 12.7. The number of fused-ring (bicyclic) bond motifs is 1. The van der Waals surface area contributed by atoms with Crippen molar-refractivity contribution in [3.05, 3.63) is 29.3 Å². The van der Waals surface area contributed by atoms with Gasteiger partial charge in [0.1, 0.15) is 5.75 Å². The maximum absolute atomic E-state index is 9.69. The van der Waals surface area contributed by atoms with Crippen molar-refractivity contribution < 1.29 is 5.11 Å². The second-order valence-corrected chi connectivity index (χ2v) is 7.86. The molecule has 1 heterocycles. The molecule has 0 amide bonds. The average molecular weight is 295 g/mol. The molecule has 2 unspecified atom stereocenters. The van der Waals surface area contributed by atoms with E-state index in [2.05, 4.69) is 34.9 Å². The van der Waals surface area contributed by atoms with Crippen molar-refractivity contribution in [1.29, 1.82) is 0 Å². The van der Waals surface area contributed by atoms with E-state index in [1.165, 1.54) is 41.2 Å². The summed E-state index contributed by atoms with van der Waals surface area (Å²) >= 11 is 4.18. The van der Waals surface area contributed by atoms with E-state index in [4.69, 9.17) is 0 Å². The highest BCUT2D eigenvalue weighted by Crippen LogP contribution is 2.32. The first-order valence-electron chi connectivity index (χ1n) is 7.07. The van der Waals surface area contributed by atoms with Gasteiger partial charge in [0.2, 0.25) is 0 Å². The fourth-order valence-corrected chi connectivity index (χ4v) is 5.55. The molecule has 3 rings (SSSR count). The number of thioether (sulfide) groups is 2. The lowest BCUT2D eigenvalue weighted by atomic mass is 9.87. The zero-order chi connectivity index (χ0) is 13.1. The maximum Gasteiger partial charge on any atom is 0.115 e. The van der Waals surface area contributed by atoms with Crippen LogP contribution in [0.2, 0.25) is 0 Å². The van der Waals surface area contributed by atoms with Crippen molar-refractivity contribution in [2.45, 2.75) is 30.6 Å². The third kappa shape index (κ3) is 3.41. The number of hydrogen-bond acceptors (Lipinski definition) is 4. The molecule has 4 heteroatoms. The topological polar surface area (TPSA) is 32.3 Å². The van der Waals surface area contributed by atoms with Crippen LogP contribution in [0.4, 0.5) is 0 Å². The number of aryl methyl sites for hydroxylation is 1. The van der Waals surface area contributed by atoms with Crippen molar-refractivity contribution in [3.63, 3.8) is 0 Å². The van der Waals surface area contributed by atoms with Gasteiger partial charge in [0, 0.05) is 35.1 Å². The Morgan fingerprint density at radius 1 is 1.32 bits per heavy atom. The molecule has 0 bridgehead atoms. The van der Waals surface area contributed by atoms with Crippen LogP contribution in [0.5, 0.6) is 5.75 Å². The molecular weight excluding hydrogens is 274 g/mol. The van der Waals surface area contributed by atoms with Crippen LogP contribution in [-0.2, 0) is 6.42 Å². The summed E-state index contributed by atoms with van der Waals surface area (Å²) in [5, 5.41) is 14.2. The minimum absolute atomic E-state index is 0.398. The zero-order valence-electron chi connectivity index (χ0n) is 11.1. The van der Waals surface area contributed by atoms with E-state index in [0.29, 0.717) is 11.8 Å². The number of nitrogens with one attached hydrogen (secondary N) is 1. The monoisotopic (exact) mass is 295 g/mol. The Hall–Kier alpha value is -0.320. The van der Waals surface area contributed by atoms with Gasteiger partial charge in [0.05, 0.1) is 0 Å². The SMILES string of the molecule is Oc1ccc2c(c1)C(NCC1CSCCS1)CCC2. The van der Waals surface area contributed by atoms with E-state index in [1.807, 2.05) is 12.1 Å². The molecule has 1 aromatic carbocycles. The molecular formula is C15H21NOS2. The highest BCUT2D eigenvalue weighted by atomic mass is 32.2. The van der Waals surface area contributed by atoms with E-state index in [-0.39, 0.29) is 0 Å². The van der Waals surface area contributed by atoms with E-state index < -0.39 is 0 Å². The Morgan fingerprint density at radius 2 is 2.26 bits per heavy atom. The molecule has 0 saturated carbocycles. The van der Waals surface area contributed by atoms with Crippen molar-refractivity contribution in [3.8, 4) is 5.75 Å². The maximum atomic E-state index is 9.69. The van der Waals surface area contributed by atoms with Gasteiger partial charge in [-0.25, -0.2) is 0 Å². The van der Waals surface area contributed by atoms with Crippen LogP contribution < -0.4 is 5.32 Å². The fraction of sp³-hybridized carbons (Fsp3) is 0.600. The standard InChI is InChI=1S/C15H21NOS2/c17-12-5-4-11-2-1-3-15(14(11)8-12)16-9-13-10-18-6-7-19-13/h4-5,8,13,15-17H,1-3,6-7,9-10H2. The number of hydrogen-bond donors (Lipinski definition) is 2. The highest BCUT2D eigenvalue weighted by molar-refractivity contribution is 8.06. The predicted octanol–water partition coefficient (Wildman–Crippen LogP) is 3.21. The number of phenolic OH excluding ortho intramolecular Hbond substituents is 1. The predicted molar refractivity (Wildman–Crippen MR) is 85.4 cm³/mol. The normalized spacial score (nSPS) is 26.9. The van der Waals surface area contributed by atoms with E-state index in [9.17, 15) is 5.11 Å². The molecule has 2 N–H and O–H groups in total. The summed E-state index contributed by atoms with van der Waals surface area (Å²) in [4.78, 5) is 0. The molecule has 1 aromatic rings. The molecule has 2 atom stereocenters. The lowest BCUT2D eigenvalue weighted by Gasteiger charge is -2.29. The average Bonchev–Trinajstić information content (AvgIpc) is 2.46. The molecule has 0 aromatic heterocycles. The second kappa shape index (κ2) is 6.42. The van der Waals surface area contributed by atoms with Gasteiger partial charge < -0.3 is 10.4 Å². The van der Waals surface area contributed by atoms with Crippen molar-refractivity contribution >= 4 is 23.5 Å². The highest BCUT2D eigenvalue weighted by Gasteiger charge is 2.22. The summed E-state index contributed by atoms with van der Waals surface area (Å²) in [5.74, 6) is 4.27. The molecule has 1 aliphatic heterocycles. The molecule has 0 spiro atoms. The molecule has 1 saturated heterocycles. The second-order valence-electron chi connectivity index (χ2n) is 5.30. The van der Waals surface area contributed by atoms with Crippen LogP contribution in [-0.4, -0.2) is 34.2 Å². The van der Waals surface area contributed by atoms with Crippen LogP contribution in [0.1, 0.15) is 30.0 Å². The van der Waals surface area contributed by atoms with Crippen LogP contribution in [0.25, 0.3) is 0 Å². The Bertz CT molecular complexity index is 432. The van der Waals surface area contributed by atoms with Crippen LogP contribution in [0, 0.1) is 0 Å². The Kier molecular flexibility index (Phi) is 4.61. The van der Waals surface area contributed by atoms with Crippen molar-refractivity contribution in [2.24, 2.45) is 0 Å². The smallest absolute Gasteiger partial charge is 0.115 e. The third-order valence-corrected chi connectivity index (χ3v) is 6.77. The first-order valence-corrected chi connectivity index (χ1v) is 9.28. The molecule has 19 heavy (non-hydrogen) atoms. The van der Waals surface area contributed by atoms with Gasteiger partial charge in [0.15, 0.2) is 0 Å². The lowest BCUT2D eigenvalue weighted by Crippen LogP contribution is -2.33. The number of benzene rings is 1. The summed E-state index contributed by atoms with van der Waals surface area (Å²) in [6.45, 7) is 1.09. The van der Waals surface area contributed by atoms with Gasteiger partial charge in [-0.2, -0.15) is 23.5 Å². The van der Waals surface area contributed by atoms with Crippen molar-refractivity contribution in [2.75, 3.05) is 23.8 Å². The Labute approximate surface area is 123 Å². The number of rotatable bonds is 3. The summed E-state index contributed by atoms with van der Waals surface area (Å²) < 4.78 is 0. The third-order valence-electron chi connectivity index (χ3n) is 3.92. The van der Waals surface area contributed by atoms with Gasteiger partial charge in [0.25, 0.3) is 0 Å². The summed E-state index contributed by atoms with van der Waals surface area (Å²) in [6, 6.07) is 6.29. The van der Waals surface area contributed by atoms with Crippen LogP contribution >= 0.6 is 23.5 Å². The largest absolute Gasteiger partial charge is 0.508 e. The Balaban J connectivity index is 1.64. The van der Waals surface area contributed by atoms with Crippen LogP contribution in [0.3, 0.4) is 0 Å². The molecule has 2 nitrogen and oxygen atoms in total. The van der Waals surface area contributed by atoms with Gasteiger partial charge in [-0.15, -0.1) is 0 Å². The summed E-state index contributed by atoms with van der Waals surface area (Å²) in [7, 11) is 0. The van der Waals surface area contributed by atoms with Gasteiger partial charge >= 0.3 is 0 Å². The summed E-state index contributed by atoms with van der Waals surface area (Å²) in [6.07, 6.45) is 3.60. The van der Waals surface area contributed by atoms with E-state index in [0.717, 1.165) is 18.2 Å². The van der Waals surface area contributed by atoms with E-state index in [1.54, 1.807) is 0 Å². The molecule has 1 fully saturated rings. The summed E-state index contributed by atoms with van der Waals surface area (Å²) in [5.41, 5.74) is 2.73. The van der Waals surface area contributed by atoms with Gasteiger partial charge in [-0.05, 0) is 42.5 Å². The molecule has 0 radical (unpaired) electrons. The van der Waals surface area contributed by atoms with Crippen LogP contribution in [0.15, 0.2) is 18.2 Å². The quantitative estimate of drug-likeness (QED) is 0.897. The molecule has 2 aliphatic rings. The van der Waals surface area contributed by atoms with E-state index >= 15 is 0 Å². The van der Waals surface area contributed by atoms with Gasteiger partial charge in [-0.1, -0.05) is 6.07 Å². The lowest BCUT2D eigenvalue weighted by molar-refractivity contribution is 0.448. The first kappa shape index (κ1) is 13.7. The minimum atomic E-state index is 0.398. The fourth-order valence-electron chi connectivity index (χ4n) is 2.93. The Morgan fingerprint density at radius 3 is 3.11 bits per heavy atom. The molecule has 104 valence electrons. The number of aromatic hydroxyl groups is 1. The first-order chi connectivity index (χ1) is 9.33. The minimum Gasteiger partial charge on any atom is -0.508 e. The van der Waals surface area contributed by atoms with Gasteiger partial charge in [-0.3, -0.25) is 0 Å². The molecule has 1 aliphatic carbocycles. The van der Waals surface area contributed by atoms with Crippen molar-refractivity contribution in [1.82, 2.24) is 5.32 Å².